The number of hydrogen-bond acceptors (Lipinski definition) is 6. The molecule has 1 aliphatic carbocycles. The minimum Gasteiger partial charge on any atom is -0.396 e. The Hall–Kier alpha value is -2.62. The van der Waals surface area contributed by atoms with Crippen LogP contribution in [0, 0.1) is 11.3 Å². The highest BCUT2D eigenvalue weighted by molar-refractivity contribution is 7.21. The Kier molecular flexibility index (Phi) is 4.97. The van der Waals surface area contributed by atoms with Crippen LogP contribution in [0.15, 0.2) is 42.5 Å². The van der Waals surface area contributed by atoms with Crippen molar-refractivity contribution >= 4 is 39.1 Å². The molecular formula is C21H19N3OS2. The third kappa shape index (κ3) is 3.48. The molecule has 6 heteroatoms. The molecule has 27 heavy (non-hydrogen) atoms. The third-order valence-electron chi connectivity index (χ3n) is 4.84. The molecule has 2 aromatic heterocycles. The predicted octanol–water partition coefficient (Wildman–Crippen LogP) is 5.52. The minimum atomic E-state index is -0.111. The number of nitrogens with two attached hydrogens (primary N) is 1. The lowest BCUT2D eigenvalue weighted by Crippen LogP contribution is -2.14. The molecule has 2 heterocycles. The summed E-state index contributed by atoms with van der Waals surface area (Å²) in [5.41, 5.74) is 7.95. The molecule has 4 nitrogen and oxygen atoms in total. The van der Waals surface area contributed by atoms with Crippen LogP contribution in [0.25, 0.3) is 10.4 Å². The Morgan fingerprint density at radius 3 is 2.56 bits per heavy atom. The fraction of sp³-hybridized carbons (Fsp3) is 0.238. The molecule has 0 bridgehead atoms. The number of carbonyl (C=O) groups excluding carboxylic acids is 1. The quantitative estimate of drug-likeness (QED) is 0.560. The summed E-state index contributed by atoms with van der Waals surface area (Å²) < 4.78 is 0. The van der Waals surface area contributed by atoms with Gasteiger partial charge >= 0.3 is 0 Å². The zero-order valence-corrected chi connectivity index (χ0v) is 16.3. The largest absolute Gasteiger partial charge is 0.396 e. The first-order valence-electron chi connectivity index (χ1n) is 8.96. The van der Waals surface area contributed by atoms with Gasteiger partial charge in [0, 0.05) is 10.9 Å². The number of anilines is 2. The molecule has 0 atom stereocenters. The minimum absolute atomic E-state index is 0.111. The average molecular weight is 394 g/mol. The summed E-state index contributed by atoms with van der Waals surface area (Å²) in [4.78, 5) is 15.2. The molecule has 0 spiro atoms. The molecule has 1 aliphatic rings. The molecule has 0 radical (unpaired) electrons. The van der Waals surface area contributed by atoms with Crippen LogP contribution < -0.4 is 11.1 Å². The smallest absolute Gasteiger partial charge is 0.215 e. The van der Waals surface area contributed by atoms with Crippen molar-refractivity contribution < 1.29 is 4.79 Å². The van der Waals surface area contributed by atoms with Crippen LogP contribution in [0.5, 0.6) is 0 Å². The third-order valence-corrected chi connectivity index (χ3v) is 7.11. The van der Waals surface area contributed by atoms with Crippen molar-refractivity contribution in [3.8, 4) is 16.5 Å². The number of rotatable bonds is 5. The van der Waals surface area contributed by atoms with Gasteiger partial charge < -0.3 is 11.1 Å². The van der Waals surface area contributed by atoms with E-state index in [0.29, 0.717) is 27.0 Å². The fourth-order valence-corrected chi connectivity index (χ4v) is 5.53. The van der Waals surface area contributed by atoms with Crippen molar-refractivity contribution in [1.29, 1.82) is 5.26 Å². The number of carbonyl (C=O) groups is 1. The highest BCUT2D eigenvalue weighted by Gasteiger charge is 2.25. The van der Waals surface area contributed by atoms with Crippen molar-refractivity contribution in [3.63, 3.8) is 0 Å². The molecule has 0 amide bonds. The second-order valence-corrected chi connectivity index (χ2v) is 8.75. The summed E-state index contributed by atoms with van der Waals surface area (Å²) in [6, 6.07) is 16.3. The van der Waals surface area contributed by atoms with Gasteiger partial charge in [0.25, 0.3) is 0 Å². The van der Waals surface area contributed by atoms with E-state index >= 15 is 0 Å². The molecule has 3 N–H and O–H groups in total. The maximum atomic E-state index is 13.0. The average Bonchev–Trinajstić information content (AvgIpc) is 3.43. The molecule has 0 saturated heterocycles. The maximum absolute atomic E-state index is 13.0. The summed E-state index contributed by atoms with van der Waals surface area (Å²) in [7, 11) is 0. The van der Waals surface area contributed by atoms with Crippen LogP contribution in [0.2, 0.25) is 0 Å². The van der Waals surface area contributed by atoms with Crippen LogP contribution in [-0.2, 0) is 0 Å². The second kappa shape index (κ2) is 7.55. The zero-order valence-electron chi connectivity index (χ0n) is 14.7. The number of nitriles is 1. The number of hydrogen-bond donors (Lipinski definition) is 2. The van der Waals surface area contributed by atoms with Gasteiger partial charge in [0.15, 0.2) is 0 Å². The number of ketones is 1. The number of nitrogen functional groups attached to an aromatic ring is 1. The van der Waals surface area contributed by atoms with Crippen molar-refractivity contribution in [2.75, 3.05) is 11.1 Å². The summed E-state index contributed by atoms with van der Waals surface area (Å²) in [5, 5.41) is 13.7. The van der Waals surface area contributed by atoms with Gasteiger partial charge in [-0.3, -0.25) is 4.79 Å². The van der Waals surface area contributed by atoms with E-state index in [9.17, 15) is 10.1 Å². The Morgan fingerprint density at radius 2 is 1.85 bits per heavy atom. The van der Waals surface area contributed by atoms with Gasteiger partial charge in [-0.25, -0.2) is 0 Å². The Labute approximate surface area is 166 Å². The standard InChI is InChI=1S/C21H19N3OS2/c22-12-15-18(23)20(27-21(15)24-14-8-4-5-9-14)19(25)17-11-10-16(26-17)13-6-2-1-3-7-13/h1-3,6-7,10-11,14,24H,4-5,8-9,23H2. The predicted molar refractivity (Wildman–Crippen MR) is 113 cm³/mol. The summed E-state index contributed by atoms with van der Waals surface area (Å²) >= 11 is 2.76. The number of thiophene rings is 2. The lowest BCUT2D eigenvalue weighted by molar-refractivity contribution is 0.104. The van der Waals surface area contributed by atoms with Crippen molar-refractivity contribution in [2.24, 2.45) is 0 Å². The molecule has 1 saturated carbocycles. The Bertz CT molecular complexity index is 1010. The van der Waals surface area contributed by atoms with Crippen LogP contribution in [0.3, 0.4) is 0 Å². The SMILES string of the molecule is N#Cc1c(NC2CCCC2)sc(C(=O)c2ccc(-c3ccccc3)s2)c1N. The highest BCUT2D eigenvalue weighted by Crippen LogP contribution is 2.39. The Morgan fingerprint density at radius 1 is 1.11 bits per heavy atom. The van der Waals surface area contributed by atoms with Crippen molar-refractivity contribution in [2.45, 2.75) is 31.7 Å². The van der Waals surface area contributed by atoms with E-state index < -0.39 is 0 Å². The van der Waals surface area contributed by atoms with Gasteiger partial charge in [0.05, 0.1) is 10.6 Å². The number of nitrogens with one attached hydrogen (secondary N) is 1. The number of nitrogens with zero attached hydrogens (tertiary/aromatic N) is 1. The molecule has 136 valence electrons. The van der Waals surface area contributed by atoms with Gasteiger partial charge in [-0.1, -0.05) is 43.2 Å². The van der Waals surface area contributed by atoms with E-state index in [4.69, 9.17) is 5.73 Å². The van der Waals surface area contributed by atoms with Gasteiger partial charge in [0.2, 0.25) is 5.78 Å². The van der Waals surface area contributed by atoms with E-state index in [0.717, 1.165) is 28.3 Å². The lowest BCUT2D eigenvalue weighted by atomic mass is 10.1. The maximum Gasteiger partial charge on any atom is 0.215 e. The van der Waals surface area contributed by atoms with Crippen LogP contribution in [0.1, 0.15) is 45.8 Å². The highest BCUT2D eigenvalue weighted by atomic mass is 32.1. The van der Waals surface area contributed by atoms with E-state index in [1.165, 1.54) is 35.5 Å². The first-order chi connectivity index (χ1) is 13.2. The topological polar surface area (TPSA) is 78.9 Å². The van der Waals surface area contributed by atoms with E-state index in [1.54, 1.807) is 0 Å². The summed E-state index contributed by atoms with van der Waals surface area (Å²) in [5.74, 6) is -0.111. The fourth-order valence-electron chi connectivity index (χ4n) is 3.41. The van der Waals surface area contributed by atoms with Crippen molar-refractivity contribution in [1.82, 2.24) is 0 Å². The van der Waals surface area contributed by atoms with E-state index in [1.807, 2.05) is 42.5 Å². The normalized spacial score (nSPS) is 14.2. The zero-order chi connectivity index (χ0) is 18.8. The van der Waals surface area contributed by atoms with E-state index in [2.05, 4.69) is 11.4 Å². The van der Waals surface area contributed by atoms with Crippen molar-refractivity contribution in [3.05, 3.63) is 57.8 Å². The van der Waals surface area contributed by atoms with E-state index in [-0.39, 0.29) is 5.78 Å². The first kappa shape index (κ1) is 17.8. The second-order valence-electron chi connectivity index (χ2n) is 6.65. The first-order valence-corrected chi connectivity index (χ1v) is 10.6. The molecule has 1 fully saturated rings. The molecule has 4 rings (SSSR count). The van der Waals surface area contributed by atoms with Gasteiger partial charge in [-0.05, 0) is 30.5 Å². The number of benzene rings is 1. The van der Waals surface area contributed by atoms with Crippen LogP contribution >= 0.6 is 22.7 Å². The summed E-state index contributed by atoms with van der Waals surface area (Å²) in [6.45, 7) is 0. The van der Waals surface area contributed by atoms with Crippen LogP contribution in [-0.4, -0.2) is 11.8 Å². The van der Waals surface area contributed by atoms with Gasteiger partial charge in [0.1, 0.15) is 21.5 Å². The van der Waals surface area contributed by atoms with Gasteiger partial charge in [-0.2, -0.15) is 5.26 Å². The molecule has 3 aromatic rings. The molecule has 0 unspecified atom stereocenters. The summed E-state index contributed by atoms with van der Waals surface area (Å²) in [6.07, 6.45) is 4.59. The van der Waals surface area contributed by atoms with Crippen LogP contribution in [0.4, 0.5) is 10.7 Å². The van der Waals surface area contributed by atoms with Gasteiger partial charge in [-0.15, -0.1) is 22.7 Å². The molecule has 1 aromatic carbocycles. The molecule has 0 aliphatic heterocycles. The Balaban J connectivity index is 1.63. The molecular weight excluding hydrogens is 374 g/mol. The lowest BCUT2D eigenvalue weighted by Gasteiger charge is -2.11. The monoisotopic (exact) mass is 393 g/mol.